The van der Waals surface area contributed by atoms with E-state index in [4.69, 9.17) is 0 Å². The highest BCUT2D eigenvalue weighted by Crippen LogP contribution is 2.07. The van der Waals surface area contributed by atoms with Crippen LogP contribution in [0.15, 0.2) is 31.1 Å². The molecule has 1 aromatic rings. The Morgan fingerprint density at radius 1 is 1.75 bits per heavy atom. The van der Waals surface area contributed by atoms with E-state index in [1.54, 1.807) is 24.5 Å². The van der Waals surface area contributed by atoms with E-state index in [9.17, 15) is 4.79 Å². The third-order valence-electron chi connectivity index (χ3n) is 1.65. The van der Waals surface area contributed by atoms with Gasteiger partial charge in [0.05, 0.1) is 0 Å². The predicted octanol–water partition coefficient (Wildman–Crippen LogP) is 2.15. The normalized spacial score (nSPS) is 9.42. The van der Waals surface area contributed by atoms with Crippen molar-refractivity contribution in [2.75, 3.05) is 0 Å². The monoisotopic (exact) mass is 161 g/mol. The molecule has 0 aliphatic heterocycles. The molecule has 12 heavy (non-hydrogen) atoms. The molecule has 0 spiro atoms. The minimum atomic E-state index is 0.102. The quantitative estimate of drug-likeness (QED) is 0.502. The molecule has 0 aliphatic carbocycles. The maximum absolute atomic E-state index is 11.4. The lowest BCUT2D eigenvalue weighted by molar-refractivity contribution is 0.0995. The molecule has 0 saturated carbocycles. The lowest BCUT2D eigenvalue weighted by Gasteiger charge is -2.00. The van der Waals surface area contributed by atoms with E-state index in [1.807, 2.05) is 6.92 Å². The second kappa shape index (κ2) is 3.81. The van der Waals surface area contributed by atoms with Gasteiger partial charge in [-0.2, -0.15) is 0 Å². The van der Waals surface area contributed by atoms with Crippen LogP contribution in [0.2, 0.25) is 0 Å². The van der Waals surface area contributed by atoms with Crippen molar-refractivity contribution in [1.82, 2.24) is 4.98 Å². The summed E-state index contributed by atoms with van der Waals surface area (Å²) in [4.78, 5) is 15.3. The first-order valence-corrected chi connectivity index (χ1v) is 3.80. The Hall–Kier alpha value is -1.44. The van der Waals surface area contributed by atoms with Gasteiger partial charge >= 0.3 is 0 Å². The fraction of sp³-hybridized carbons (Fsp3) is 0.200. The van der Waals surface area contributed by atoms with E-state index in [1.165, 1.54) is 0 Å². The molecule has 0 fully saturated rings. The van der Waals surface area contributed by atoms with Crippen LogP contribution < -0.4 is 0 Å². The number of carbonyl (C=O) groups excluding carboxylic acids is 1. The molecule has 1 aromatic heterocycles. The second-order valence-corrected chi connectivity index (χ2v) is 2.61. The number of hydrogen-bond donors (Lipinski definition) is 0. The maximum Gasteiger partial charge on any atom is 0.166 e. The Kier molecular flexibility index (Phi) is 2.75. The lowest BCUT2D eigenvalue weighted by Crippen LogP contribution is -1.99. The third-order valence-corrected chi connectivity index (χ3v) is 1.65. The minimum absolute atomic E-state index is 0.102. The fourth-order valence-corrected chi connectivity index (χ4v) is 1.03. The molecule has 0 aliphatic rings. The van der Waals surface area contributed by atoms with Crippen LogP contribution in [-0.4, -0.2) is 10.8 Å². The average molecular weight is 161 g/mol. The summed E-state index contributed by atoms with van der Waals surface area (Å²) in [5.74, 6) is 0.102. The van der Waals surface area contributed by atoms with Gasteiger partial charge in [-0.25, -0.2) is 0 Å². The molecule has 2 heteroatoms. The number of nitrogens with zero attached hydrogens (tertiary/aromatic N) is 1. The number of pyridine rings is 1. The van der Waals surface area contributed by atoms with E-state index in [0.717, 1.165) is 11.1 Å². The molecule has 0 N–H and O–H groups in total. The molecular weight excluding hydrogens is 150 g/mol. The number of allylic oxidation sites excluding steroid dienone is 1. The highest BCUT2D eigenvalue weighted by atomic mass is 16.1. The van der Waals surface area contributed by atoms with E-state index in [2.05, 4.69) is 11.6 Å². The van der Waals surface area contributed by atoms with Crippen molar-refractivity contribution in [1.29, 1.82) is 0 Å². The minimum Gasteiger partial charge on any atom is -0.294 e. The topological polar surface area (TPSA) is 30.0 Å². The second-order valence-electron chi connectivity index (χ2n) is 2.61. The average Bonchev–Trinajstić information content (AvgIpc) is 2.05. The van der Waals surface area contributed by atoms with Gasteiger partial charge < -0.3 is 0 Å². The molecule has 1 rings (SSSR count). The van der Waals surface area contributed by atoms with E-state index >= 15 is 0 Å². The van der Waals surface area contributed by atoms with Crippen molar-refractivity contribution in [3.05, 3.63) is 42.2 Å². The number of aryl methyl sites for hydroxylation is 1. The highest BCUT2D eigenvalue weighted by molar-refractivity contribution is 5.98. The number of aromatic nitrogens is 1. The summed E-state index contributed by atoms with van der Waals surface area (Å²) in [5.41, 5.74) is 1.66. The number of ketones is 1. The Labute approximate surface area is 71.9 Å². The molecule has 2 nitrogen and oxygen atoms in total. The van der Waals surface area contributed by atoms with Crippen LogP contribution in [0.25, 0.3) is 0 Å². The van der Waals surface area contributed by atoms with Gasteiger partial charge in [-0.3, -0.25) is 9.78 Å². The van der Waals surface area contributed by atoms with Crippen molar-refractivity contribution in [3.8, 4) is 0 Å². The first-order valence-electron chi connectivity index (χ1n) is 3.80. The summed E-state index contributed by atoms with van der Waals surface area (Å²) in [7, 11) is 0. The van der Waals surface area contributed by atoms with Crippen molar-refractivity contribution < 1.29 is 4.79 Å². The van der Waals surface area contributed by atoms with Crippen LogP contribution in [0.3, 0.4) is 0 Å². The smallest absolute Gasteiger partial charge is 0.166 e. The summed E-state index contributed by atoms with van der Waals surface area (Å²) < 4.78 is 0. The summed E-state index contributed by atoms with van der Waals surface area (Å²) in [5, 5.41) is 0. The van der Waals surface area contributed by atoms with Gasteiger partial charge in [-0.15, -0.1) is 6.58 Å². The SMILES string of the molecule is C=CCC(=O)c1ccncc1C. The van der Waals surface area contributed by atoms with Crippen molar-refractivity contribution >= 4 is 5.78 Å². The summed E-state index contributed by atoms with van der Waals surface area (Å²) in [6, 6.07) is 1.74. The molecule has 0 bridgehead atoms. The number of Topliss-reactive ketones (excluding diaryl/α,β-unsaturated/α-hetero) is 1. The fourth-order valence-electron chi connectivity index (χ4n) is 1.03. The van der Waals surface area contributed by atoms with Crippen molar-refractivity contribution in [2.24, 2.45) is 0 Å². The Morgan fingerprint density at radius 3 is 3.08 bits per heavy atom. The van der Waals surface area contributed by atoms with Crippen LogP contribution in [0.4, 0.5) is 0 Å². The van der Waals surface area contributed by atoms with Gasteiger partial charge in [0.2, 0.25) is 0 Å². The van der Waals surface area contributed by atoms with Crippen molar-refractivity contribution in [2.45, 2.75) is 13.3 Å². The van der Waals surface area contributed by atoms with Gasteiger partial charge in [0.15, 0.2) is 5.78 Å². The lowest BCUT2D eigenvalue weighted by atomic mass is 10.1. The van der Waals surface area contributed by atoms with Crippen LogP contribution in [0.1, 0.15) is 22.3 Å². The van der Waals surface area contributed by atoms with Gasteiger partial charge in [-0.05, 0) is 18.6 Å². The zero-order valence-corrected chi connectivity index (χ0v) is 7.08. The zero-order valence-electron chi connectivity index (χ0n) is 7.08. The molecular formula is C10H11NO. The number of rotatable bonds is 3. The standard InChI is InChI=1S/C10H11NO/c1-3-4-10(12)9-5-6-11-7-8(9)2/h3,5-7H,1,4H2,2H3. The van der Waals surface area contributed by atoms with Gasteiger partial charge in [0, 0.05) is 24.4 Å². The molecule has 0 unspecified atom stereocenters. The van der Waals surface area contributed by atoms with Crippen LogP contribution >= 0.6 is 0 Å². The summed E-state index contributed by atoms with van der Waals surface area (Å²) >= 11 is 0. The Balaban J connectivity index is 2.94. The highest BCUT2D eigenvalue weighted by Gasteiger charge is 2.05. The van der Waals surface area contributed by atoms with Crippen LogP contribution in [0.5, 0.6) is 0 Å². The number of hydrogen-bond acceptors (Lipinski definition) is 2. The molecule has 0 atom stereocenters. The first-order chi connectivity index (χ1) is 5.75. The molecule has 0 aromatic carbocycles. The Morgan fingerprint density at radius 2 is 2.50 bits per heavy atom. The predicted molar refractivity (Wildman–Crippen MR) is 48.1 cm³/mol. The molecule has 0 saturated heterocycles. The van der Waals surface area contributed by atoms with E-state index in [0.29, 0.717) is 6.42 Å². The Bertz CT molecular complexity index is 304. The van der Waals surface area contributed by atoms with Gasteiger partial charge in [0.25, 0.3) is 0 Å². The molecule has 0 radical (unpaired) electrons. The molecule has 62 valence electrons. The summed E-state index contributed by atoms with van der Waals surface area (Å²) in [6.45, 7) is 5.40. The molecule has 0 amide bonds. The zero-order chi connectivity index (χ0) is 8.97. The third kappa shape index (κ3) is 1.78. The van der Waals surface area contributed by atoms with Gasteiger partial charge in [-0.1, -0.05) is 6.08 Å². The van der Waals surface area contributed by atoms with E-state index < -0.39 is 0 Å². The number of carbonyl (C=O) groups is 1. The first kappa shape index (κ1) is 8.65. The maximum atomic E-state index is 11.4. The summed E-state index contributed by atoms with van der Waals surface area (Å²) in [6.07, 6.45) is 5.33. The van der Waals surface area contributed by atoms with Gasteiger partial charge in [0.1, 0.15) is 0 Å². The van der Waals surface area contributed by atoms with Crippen LogP contribution in [-0.2, 0) is 0 Å². The largest absolute Gasteiger partial charge is 0.294 e. The van der Waals surface area contributed by atoms with E-state index in [-0.39, 0.29) is 5.78 Å². The van der Waals surface area contributed by atoms with Crippen molar-refractivity contribution in [3.63, 3.8) is 0 Å². The molecule has 1 heterocycles. The van der Waals surface area contributed by atoms with Crippen LogP contribution in [0, 0.1) is 6.92 Å².